The Labute approximate surface area is 174 Å². The van der Waals surface area contributed by atoms with Gasteiger partial charge in [0.1, 0.15) is 6.04 Å². The van der Waals surface area contributed by atoms with Crippen LogP contribution < -0.4 is 9.62 Å². The van der Waals surface area contributed by atoms with Crippen molar-refractivity contribution in [2.45, 2.75) is 31.0 Å². The molecule has 0 saturated carbocycles. The number of hydrogen-bond acceptors (Lipinski definition) is 3. The monoisotopic (exact) mass is 446 g/mol. The van der Waals surface area contributed by atoms with Crippen molar-refractivity contribution in [2.75, 3.05) is 18.5 Å². The fourth-order valence-electron chi connectivity index (χ4n) is 3.05. The van der Waals surface area contributed by atoms with Crippen LogP contribution in [0, 0.1) is 13.8 Å². The van der Waals surface area contributed by atoms with Crippen LogP contribution in [-0.2, 0) is 10.0 Å². The van der Waals surface area contributed by atoms with Crippen molar-refractivity contribution in [2.24, 2.45) is 0 Å². The van der Waals surface area contributed by atoms with E-state index in [-0.39, 0.29) is 4.90 Å². The first-order valence-electron chi connectivity index (χ1n) is 8.64. The molecule has 0 spiro atoms. The number of rotatable bonds is 7. The Morgan fingerprint density at radius 1 is 1.17 bits per heavy atom. The highest BCUT2D eigenvalue weighted by Gasteiger charge is 2.43. The van der Waals surface area contributed by atoms with E-state index in [0.29, 0.717) is 27.4 Å². The molecule has 0 aliphatic carbocycles. The van der Waals surface area contributed by atoms with E-state index in [2.05, 4.69) is 6.58 Å². The number of sulfonamides is 1. The Bertz CT molecular complexity index is 967. The molecule has 9 heteroatoms. The van der Waals surface area contributed by atoms with Crippen LogP contribution in [0.15, 0.2) is 47.9 Å². The zero-order valence-corrected chi connectivity index (χ0v) is 17.8. The molecule has 0 saturated heterocycles. The molecule has 2 aromatic carbocycles. The Morgan fingerprint density at radius 3 is 2.14 bits per heavy atom. The van der Waals surface area contributed by atoms with E-state index in [1.54, 1.807) is 42.5 Å². The zero-order valence-electron chi connectivity index (χ0n) is 16.2. The van der Waals surface area contributed by atoms with Crippen LogP contribution in [-0.4, -0.2) is 34.2 Å². The van der Waals surface area contributed by atoms with E-state index in [9.17, 15) is 21.6 Å². The van der Waals surface area contributed by atoms with Crippen molar-refractivity contribution in [3.8, 4) is 0 Å². The minimum atomic E-state index is -4.78. The summed E-state index contributed by atoms with van der Waals surface area (Å²) in [7, 11) is -2.97. The van der Waals surface area contributed by atoms with E-state index in [1.807, 2.05) is 4.72 Å². The molecular weight excluding hydrogens is 425 g/mol. The van der Waals surface area contributed by atoms with Crippen molar-refractivity contribution in [3.63, 3.8) is 0 Å². The predicted octanol–water partition coefficient (Wildman–Crippen LogP) is 4.95. The number of halogens is 4. The zero-order chi connectivity index (χ0) is 22.0. The molecule has 2 aromatic rings. The maximum Gasteiger partial charge on any atom is 0.406 e. The molecule has 0 aromatic heterocycles. The number of nitrogens with one attached hydrogen (secondary N) is 1. The minimum Gasteiger partial charge on any atom is -0.373 e. The summed E-state index contributed by atoms with van der Waals surface area (Å²) in [6.07, 6.45) is -3.24. The van der Waals surface area contributed by atoms with E-state index in [4.69, 9.17) is 11.6 Å². The maximum absolute atomic E-state index is 13.6. The molecule has 0 aliphatic rings. The van der Waals surface area contributed by atoms with Gasteiger partial charge in [0.2, 0.25) is 10.0 Å². The molecule has 1 unspecified atom stereocenters. The summed E-state index contributed by atoms with van der Waals surface area (Å²) in [5, 5.41) is 0.448. The fraction of sp³-hybridized carbons (Fsp3) is 0.300. The van der Waals surface area contributed by atoms with Crippen molar-refractivity contribution in [1.82, 2.24) is 4.72 Å². The maximum atomic E-state index is 13.6. The van der Waals surface area contributed by atoms with Gasteiger partial charge >= 0.3 is 6.18 Å². The first kappa shape index (κ1) is 23.3. The third kappa shape index (κ3) is 5.74. The average Bonchev–Trinajstić information content (AvgIpc) is 2.59. The standard InChI is InChI=1S/C20H22ClF3N2O2S/c1-5-15-10-13(2)19(14(3)11-15)29(27,28)25-18(20(22,23)24)12-26(4)17-8-6-16(21)7-9-17/h5-11,18,25H,1,12H2,2-4H3. The van der Waals surface area contributed by atoms with Gasteiger partial charge in [-0.15, -0.1) is 0 Å². The molecule has 29 heavy (non-hydrogen) atoms. The van der Waals surface area contributed by atoms with Crippen LogP contribution in [0.4, 0.5) is 18.9 Å². The summed E-state index contributed by atoms with van der Waals surface area (Å²) in [5.41, 5.74) is 1.86. The molecule has 0 fully saturated rings. The summed E-state index contributed by atoms with van der Waals surface area (Å²) in [6, 6.07) is 7.06. The van der Waals surface area contributed by atoms with Gasteiger partial charge in [-0.2, -0.15) is 17.9 Å². The Morgan fingerprint density at radius 2 is 1.69 bits per heavy atom. The van der Waals surface area contributed by atoms with Crippen LogP contribution in [0.5, 0.6) is 0 Å². The third-order valence-corrected chi connectivity index (χ3v) is 6.43. The molecule has 2 rings (SSSR count). The number of alkyl halides is 3. The molecule has 1 N–H and O–H groups in total. The molecule has 4 nitrogen and oxygen atoms in total. The number of likely N-dealkylation sites (N-methyl/N-ethyl adjacent to an activating group) is 1. The van der Waals surface area contributed by atoms with Gasteiger partial charge < -0.3 is 4.90 Å². The van der Waals surface area contributed by atoms with Crippen molar-refractivity contribution in [1.29, 1.82) is 0 Å². The average molecular weight is 447 g/mol. The third-order valence-electron chi connectivity index (χ3n) is 4.40. The molecular formula is C20H22ClF3N2O2S. The highest BCUT2D eigenvalue weighted by atomic mass is 35.5. The second-order valence-electron chi connectivity index (χ2n) is 6.76. The van der Waals surface area contributed by atoms with Crippen LogP contribution in [0.3, 0.4) is 0 Å². The molecule has 1 atom stereocenters. The minimum absolute atomic E-state index is 0.161. The number of aryl methyl sites for hydroxylation is 2. The van der Waals surface area contributed by atoms with Gasteiger partial charge in [-0.25, -0.2) is 8.42 Å². The van der Waals surface area contributed by atoms with Gasteiger partial charge in [0.15, 0.2) is 0 Å². The SMILES string of the molecule is C=Cc1cc(C)c(S(=O)(=O)NC(CN(C)c2ccc(Cl)cc2)C(F)(F)F)c(C)c1. The molecule has 0 amide bonds. The van der Waals surface area contributed by atoms with Crippen LogP contribution in [0.1, 0.15) is 16.7 Å². The van der Waals surface area contributed by atoms with E-state index < -0.39 is 28.8 Å². The summed E-state index contributed by atoms with van der Waals surface area (Å²) in [4.78, 5) is 1.16. The fourth-order valence-corrected chi connectivity index (χ4v) is 4.85. The summed E-state index contributed by atoms with van der Waals surface area (Å²) < 4.78 is 68.4. The highest BCUT2D eigenvalue weighted by Crippen LogP contribution is 2.27. The second-order valence-corrected chi connectivity index (χ2v) is 8.85. The first-order valence-corrected chi connectivity index (χ1v) is 10.5. The Balaban J connectivity index is 2.35. The lowest BCUT2D eigenvalue weighted by Crippen LogP contribution is -2.51. The molecule has 0 bridgehead atoms. The Hall–Kier alpha value is -2.03. The van der Waals surface area contributed by atoms with Gasteiger partial charge in [0, 0.05) is 24.3 Å². The summed E-state index contributed by atoms with van der Waals surface area (Å²) in [6.45, 7) is 6.10. The van der Waals surface area contributed by atoms with Gasteiger partial charge in [-0.05, 0) is 54.8 Å². The number of benzene rings is 2. The molecule has 158 valence electrons. The van der Waals surface area contributed by atoms with Crippen LogP contribution in [0.2, 0.25) is 5.02 Å². The van der Waals surface area contributed by atoms with Crippen molar-refractivity contribution >= 4 is 33.4 Å². The van der Waals surface area contributed by atoms with E-state index in [1.165, 1.54) is 25.8 Å². The molecule has 0 heterocycles. The van der Waals surface area contributed by atoms with Crippen molar-refractivity contribution < 1.29 is 21.6 Å². The lowest BCUT2D eigenvalue weighted by Gasteiger charge is -2.28. The van der Waals surface area contributed by atoms with Gasteiger partial charge in [-0.3, -0.25) is 0 Å². The van der Waals surface area contributed by atoms with Gasteiger partial charge in [0.25, 0.3) is 0 Å². The summed E-state index contributed by atoms with van der Waals surface area (Å²) >= 11 is 5.80. The second kappa shape index (κ2) is 8.77. The predicted molar refractivity (Wildman–Crippen MR) is 111 cm³/mol. The Kier molecular flexibility index (Phi) is 7.03. The van der Waals surface area contributed by atoms with E-state index in [0.717, 1.165) is 0 Å². The number of nitrogens with zero attached hydrogens (tertiary/aromatic N) is 1. The van der Waals surface area contributed by atoms with Crippen LogP contribution >= 0.6 is 11.6 Å². The lowest BCUT2D eigenvalue weighted by molar-refractivity contribution is -0.148. The molecule has 0 radical (unpaired) electrons. The first-order chi connectivity index (χ1) is 13.3. The van der Waals surface area contributed by atoms with Gasteiger partial charge in [-0.1, -0.05) is 36.4 Å². The van der Waals surface area contributed by atoms with E-state index >= 15 is 0 Å². The van der Waals surface area contributed by atoms with Gasteiger partial charge in [0.05, 0.1) is 4.90 Å². The largest absolute Gasteiger partial charge is 0.406 e. The summed E-state index contributed by atoms with van der Waals surface area (Å²) in [5.74, 6) is 0. The van der Waals surface area contributed by atoms with Crippen molar-refractivity contribution in [3.05, 3.63) is 64.7 Å². The number of anilines is 1. The lowest BCUT2D eigenvalue weighted by atomic mass is 10.1. The normalized spacial score (nSPS) is 13.2. The molecule has 0 aliphatic heterocycles. The quantitative estimate of drug-likeness (QED) is 0.655. The smallest absolute Gasteiger partial charge is 0.373 e. The number of hydrogen-bond donors (Lipinski definition) is 1. The van der Waals surface area contributed by atoms with Crippen LogP contribution in [0.25, 0.3) is 6.08 Å². The topological polar surface area (TPSA) is 49.4 Å². The highest BCUT2D eigenvalue weighted by molar-refractivity contribution is 7.89.